The summed E-state index contributed by atoms with van der Waals surface area (Å²) < 4.78 is 12.4. The van der Waals surface area contributed by atoms with Crippen molar-refractivity contribution in [2.45, 2.75) is 26.3 Å². The normalized spacial score (nSPS) is 11.3. The van der Waals surface area contributed by atoms with Crippen molar-refractivity contribution in [2.24, 2.45) is 0 Å². The molecule has 0 aliphatic rings. The molecule has 0 saturated carbocycles. The number of nitrogens with zero attached hydrogens (tertiary/aromatic N) is 3. The Bertz CT molecular complexity index is 1300. The Morgan fingerprint density at radius 1 is 1.14 bits per heavy atom. The van der Waals surface area contributed by atoms with Crippen molar-refractivity contribution in [2.75, 3.05) is 41.0 Å². The van der Waals surface area contributed by atoms with E-state index >= 15 is 0 Å². The van der Waals surface area contributed by atoms with Crippen LogP contribution in [0.3, 0.4) is 0 Å². The van der Waals surface area contributed by atoms with E-state index in [2.05, 4.69) is 27.2 Å². The molecule has 3 rings (SSSR count). The number of aromatic nitrogens is 2. The van der Waals surface area contributed by atoms with Crippen molar-refractivity contribution in [1.29, 1.82) is 0 Å². The first-order chi connectivity index (χ1) is 17.5. The molecule has 0 spiro atoms. The maximum absolute atomic E-state index is 13.1. The van der Waals surface area contributed by atoms with Gasteiger partial charge in [-0.05, 0) is 58.2 Å². The fraction of sp³-hybridized carbons (Fsp3) is 0.357. The highest BCUT2D eigenvalue weighted by Gasteiger charge is 2.28. The lowest BCUT2D eigenvalue weighted by molar-refractivity contribution is 0.0911. The number of likely N-dealkylation sites (N-methyl/N-ethyl adjacent to an activating group) is 1. The topological polar surface area (TPSA) is 68.6 Å². The summed E-state index contributed by atoms with van der Waals surface area (Å²) in [6, 6.07) is 12.7. The second-order valence-corrected chi connectivity index (χ2v) is 10.4. The number of amides is 1. The third-order valence-electron chi connectivity index (χ3n) is 5.30. The van der Waals surface area contributed by atoms with Gasteiger partial charge in [-0.3, -0.25) is 9.69 Å². The monoisotopic (exact) mass is 542 g/mol. The maximum Gasteiger partial charge on any atom is 0.276 e. The largest absolute Gasteiger partial charge is 0.492 e. The van der Waals surface area contributed by atoms with Gasteiger partial charge in [0.05, 0.1) is 31.0 Å². The highest BCUT2D eigenvalue weighted by atomic mass is 35.5. The fourth-order valence-electron chi connectivity index (χ4n) is 3.54. The number of hydrogen-bond acceptors (Lipinski definition) is 5. The standard InChI is InChI=1S/C28H32Cl2N4O3/c1-28(2,3)31-27(35)24-26(37-6)25(20-10-12-21(29)13-11-20)34(32-24)23-14-9-19(18-22(23)30)8-7-15-33(4)16-17-36-5/h9-14,18H,15-17H2,1-6H3,(H,31,35). The van der Waals surface area contributed by atoms with Crippen molar-refractivity contribution in [3.05, 3.63) is 63.8 Å². The number of ether oxygens (including phenoxy) is 2. The van der Waals surface area contributed by atoms with Crippen LogP contribution in [0.1, 0.15) is 36.8 Å². The number of hydrogen-bond donors (Lipinski definition) is 1. The molecule has 0 aliphatic heterocycles. The first kappa shape index (κ1) is 28.5. The second-order valence-electron chi connectivity index (χ2n) is 9.55. The number of carbonyl (C=O) groups excluding carboxylic acids is 1. The van der Waals surface area contributed by atoms with E-state index < -0.39 is 5.54 Å². The Labute approximate surface area is 228 Å². The van der Waals surface area contributed by atoms with E-state index in [1.165, 1.54) is 7.11 Å². The fourth-order valence-corrected chi connectivity index (χ4v) is 3.93. The molecule has 0 bridgehead atoms. The van der Waals surface area contributed by atoms with Gasteiger partial charge in [0.15, 0.2) is 11.4 Å². The van der Waals surface area contributed by atoms with Crippen LogP contribution in [0.15, 0.2) is 42.5 Å². The molecule has 1 N–H and O–H groups in total. The van der Waals surface area contributed by atoms with Crippen molar-refractivity contribution < 1.29 is 14.3 Å². The van der Waals surface area contributed by atoms with E-state index in [9.17, 15) is 4.79 Å². The quantitative estimate of drug-likeness (QED) is 0.390. The summed E-state index contributed by atoms with van der Waals surface area (Å²) in [7, 11) is 5.18. The molecule has 37 heavy (non-hydrogen) atoms. The number of nitrogens with one attached hydrogen (secondary N) is 1. The van der Waals surface area contributed by atoms with Crippen molar-refractivity contribution in [3.8, 4) is 34.5 Å². The minimum atomic E-state index is -0.456. The minimum Gasteiger partial charge on any atom is -0.492 e. The van der Waals surface area contributed by atoms with Crippen molar-refractivity contribution in [1.82, 2.24) is 20.0 Å². The van der Waals surface area contributed by atoms with Gasteiger partial charge in [-0.25, -0.2) is 4.68 Å². The third-order valence-corrected chi connectivity index (χ3v) is 5.86. The summed E-state index contributed by atoms with van der Waals surface area (Å²) in [6.07, 6.45) is 0. The third kappa shape index (κ3) is 7.50. The molecule has 0 atom stereocenters. The first-order valence-corrected chi connectivity index (χ1v) is 12.5. The Morgan fingerprint density at radius 3 is 2.43 bits per heavy atom. The zero-order valence-electron chi connectivity index (χ0n) is 22.0. The van der Waals surface area contributed by atoms with Crippen LogP contribution in [0.5, 0.6) is 5.75 Å². The molecule has 1 amide bonds. The Kier molecular flexibility index (Phi) is 9.63. The average molecular weight is 543 g/mol. The van der Waals surface area contributed by atoms with Gasteiger partial charge in [-0.2, -0.15) is 5.10 Å². The predicted molar refractivity (Wildman–Crippen MR) is 149 cm³/mol. The highest BCUT2D eigenvalue weighted by Crippen LogP contribution is 2.37. The lowest BCUT2D eigenvalue weighted by Crippen LogP contribution is -2.40. The molecular weight excluding hydrogens is 511 g/mol. The number of halogens is 2. The molecule has 1 heterocycles. The van der Waals surface area contributed by atoms with Crippen LogP contribution < -0.4 is 10.1 Å². The lowest BCUT2D eigenvalue weighted by atomic mass is 10.1. The molecule has 9 heteroatoms. The maximum atomic E-state index is 13.1. The van der Waals surface area contributed by atoms with Crippen LogP contribution in [0.25, 0.3) is 16.9 Å². The van der Waals surface area contributed by atoms with Gasteiger partial charge in [0.25, 0.3) is 5.91 Å². The van der Waals surface area contributed by atoms with Gasteiger partial charge in [0.2, 0.25) is 0 Å². The van der Waals surface area contributed by atoms with Crippen molar-refractivity contribution in [3.63, 3.8) is 0 Å². The number of benzene rings is 2. The van der Waals surface area contributed by atoms with Gasteiger partial charge in [-0.15, -0.1) is 0 Å². The molecule has 7 nitrogen and oxygen atoms in total. The smallest absolute Gasteiger partial charge is 0.276 e. The zero-order valence-corrected chi connectivity index (χ0v) is 23.5. The molecule has 0 fully saturated rings. The number of carbonyl (C=O) groups is 1. The van der Waals surface area contributed by atoms with Gasteiger partial charge < -0.3 is 14.8 Å². The first-order valence-electron chi connectivity index (χ1n) is 11.8. The van der Waals surface area contributed by atoms with E-state index in [1.54, 1.807) is 30.0 Å². The summed E-state index contributed by atoms with van der Waals surface area (Å²) in [6.45, 7) is 7.76. The van der Waals surface area contributed by atoms with Gasteiger partial charge in [-0.1, -0.05) is 47.2 Å². The van der Waals surface area contributed by atoms with Crippen LogP contribution in [0.4, 0.5) is 0 Å². The van der Waals surface area contributed by atoms with Gasteiger partial charge >= 0.3 is 0 Å². The molecule has 0 saturated heterocycles. The highest BCUT2D eigenvalue weighted by molar-refractivity contribution is 6.32. The van der Waals surface area contributed by atoms with E-state index in [0.29, 0.717) is 40.3 Å². The van der Waals surface area contributed by atoms with Crippen LogP contribution in [-0.2, 0) is 4.74 Å². The summed E-state index contributed by atoms with van der Waals surface area (Å²) in [5.41, 5.74) is 2.40. The van der Waals surface area contributed by atoms with E-state index in [-0.39, 0.29) is 11.6 Å². The average Bonchev–Trinajstić information content (AvgIpc) is 3.22. The Hall–Kier alpha value is -3.02. The molecule has 196 valence electrons. The second kappa shape index (κ2) is 12.5. The van der Waals surface area contributed by atoms with Gasteiger partial charge in [0, 0.05) is 35.3 Å². The van der Waals surface area contributed by atoms with Crippen LogP contribution in [0, 0.1) is 11.8 Å². The number of methoxy groups -OCH3 is 2. The molecule has 2 aromatic carbocycles. The molecule has 3 aromatic rings. The summed E-state index contributed by atoms with van der Waals surface area (Å²) in [5, 5.41) is 8.62. The van der Waals surface area contributed by atoms with E-state index in [0.717, 1.165) is 17.7 Å². The predicted octanol–water partition coefficient (Wildman–Crippen LogP) is 5.31. The molecule has 0 radical (unpaired) electrons. The Morgan fingerprint density at radius 2 is 1.84 bits per heavy atom. The van der Waals surface area contributed by atoms with Crippen molar-refractivity contribution >= 4 is 29.1 Å². The number of rotatable bonds is 8. The van der Waals surface area contributed by atoms with E-state index in [1.807, 2.05) is 52.1 Å². The molecular formula is C28H32Cl2N4O3. The minimum absolute atomic E-state index is 0.154. The Balaban J connectivity index is 2.06. The molecule has 0 aliphatic carbocycles. The SMILES string of the molecule is COCCN(C)CC#Cc1ccc(-n2nc(C(=O)NC(C)(C)C)c(OC)c2-c2ccc(Cl)cc2)c(Cl)c1. The van der Waals surface area contributed by atoms with Crippen LogP contribution in [-0.4, -0.2) is 67.1 Å². The van der Waals surface area contributed by atoms with Crippen LogP contribution >= 0.6 is 23.2 Å². The summed E-state index contributed by atoms with van der Waals surface area (Å²) >= 11 is 12.9. The zero-order chi connectivity index (χ0) is 27.2. The lowest BCUT2D eigenvalue weighted by Gasteiger charge is -2.19. The molecule has 1 aromatic heterocycles. The summed E-state index contributed by atoms with van der Waals surface area (Å²) in [4.78, 5) is 15.2. The molecule has 0 unspecified atom stereocenters. The summed E-state index contributed by atoms with van der Waals surface area (Å²) in [5.74, 6) is 6.28. The van der Waals surface area contributed by atoms with Gasteiger partial charge in [0.1, 0.15) is 5.69 Å². The van der Waals surface area contributed by atoms with E-state index in [4.69, 9.17) is 32.7 Å². The van der Waals surface area contributed by atoms with Crippen LogP contribution in [0.2, 0.25) is 10.0 Å².